The van der Waals surface area contributed by atoms with E-state index in [1.165, 1.54) is 4.68 Å². The van der Waals surface area contributed by atoms with Crippen LogP contribution in [-0.4, -0.2) is 31.5 Å². The molecular formula is C33H22N4O4. The second-order valence-electron chi connectivity index (χ2n) is 9.70. The lowest BCUT2D eigenvalue weighted by atomic mass is 10.1. The van der Waals surface area contributed by atoms with E-state index in [4.69, 9.17) is 9.40 Å². The summed E-state index contributed by atoms with van der Waals surface area (Å²) in [5.41, 5.74) is 3.78. The number of aromatic carboxylic acids is 1. The van der Waals surface area contributed by atoms with Crippen LogP contribution in [0.1, 0.15) is 21.5 Å². The quantitative estimate of drug-likeness (QED) is 0.247. The Kier molecular flexibility index (Phi) is 5.79. The predicted octanol–water partition coefficient (Wildman–Crippen LogP) is 6.39. The average molecular weight is 539 g/mol. The summed E-state index contributed by atoms with van der Waals surface area (Å²) in [6.45, 7) is 0.469. The number of carboxylic acid groups (broad SMARTS) is 1. The molecule has 0 aliphatic rings. The molecule has 0 saturated heterocycles. The molecule has 0 aliphatic heterocycles. The molecule has 0 atom stereocenters. The fourth-order valence-electron chi connectivity index (χ4n) is 5.11. The standard InChI is InChI=1S/C33H22N4O4/c38-32-26-12-2-4-13-27(26)35-31(30-17-22-9-1-6-15-29(22)41-30)37(32)34-18-24-20-36(28-14-5-3-11-25(24)28)19-21-8-7-10-23(16-21)33(39)40/h1-18,20H,19H2,(H,39,40). The number of carboxylic acids is 1. The second kappa shape index (κ2) is 9.77. The van der Waals surface area contributed by atoms with Crippen molar-refractivity contribution < 1.29 is 14.3 Å². The summed E-state index contributed by atoms with van der Waals surface area (Å²) in [5, 5.41) is 16.3. The maximum absolute atomic E-state index is 13.7. The molecule has 7 aromatic rings. The Bertz CT molecular complexity index is 2170. The summed E-state index contributed by atoms with van der Waals surface area (Å²) in [7, 11) is 0. The van der Waals surface area contributed by atoms with E-state index in [1.54, 1.807) is 42.6 Å². The van der Waals surface area contributed by atoms with Crippen molar-refractivity contribution in [3.05, 3.63) is 136 Å². The van der Waals surface area contributed by atoms with Gasteiger partial charge in [-0.1, -0.05) is 60.7 Å². The Hall–Kier alpha value is -5.76. The van der Waals surface area contributed by atoms with Gasteiger partial charge < -0.3 is 14.1 Å². The van der Waals surface area contributed by atoms with Crippen LogP contribution in [0.3, 0.4) is 0 Å². The van der Waals surface area contributed by atoms with Crippen LogP contribution in [0.2, 0.25) is 0 Å². The first kappa shape index (κ1) is 24.3. The number of carbonyl (C=O) groups is 1. The van der Waals surface area contributed by atoms with Crippen LogP contribution in [0.15, 0.2) is 124 Å². The van der Waals surface area contributed by atoms with Gasteiger partial charge in [-0.2, -0.15) is 9.78 Å². The number of furan rings is 1. The Morgan fingerprint density at radius 2 is 1.68 bits per heavy atom. The van der Waals surface area contributed by atoms with Crippen LogP contribution in [0.4, 0.5) is 0 Å². The maximum Gasteiger partial charge on any atom is 0.335 e. The van der Waals surface area contributed by atoms with Crippen molar-refractivity contribution in [2.75, 3.05) is 0 Å². The van der Waals surface area contributed by atoms with Crippen molar-refractivity contribution in [1.29, 1.82) is 0 Å². The van der Waals surface area contributed by atoms with Gasteiger partial charge in [0.2, 0.25) is 5.82 Å². The zero-order valence-electron chi connectivity index (χ0n) is 21.6. The molecule has 41 heavy (non-hydrogen) atoms. The number of hydrogen-bond acceptors (Lipinski definition) is 5. The van der Waals surface area contributed by atoms with E-state index in [9.17, 15) is 14.7 Å². The zero-order valence-corrected chi connectivity index (χ0v) is 21.6. The van der Waals surface area contributed by atoms with Crippen LogP contribution in [0.25, 0.3) is 44.4 Å². The van der Waals surface area contributed by atoms with Gasteiger partial charge >= 0.3 is 5.97 Å². The molecule has 8 nitrogen and oxygen atoms in total. The molecule has 7 rings (SSSR count). The van der Waals surface area contributed by atoms with Crippen molar-refractivity contribution in [2.24, 2.45) is 5.10 Å². The van der Waals surface area contributed by atoms with Crippen molar-refractivity contribution in [2.45, 2.75) is 6.54 Å². The van der Waals surface area contributed by atoms with Crippen molar-refractivity contribution in [1.82, 2.24) is 14.2 Å². The van der Waals surface area contributed by atoms with Crippen LogP contribution < -0.4 is 5.56 Å². The lowest BCUT2D eigenvalue weighted by Crippen LogP contribution is -2.20. The van der Waals surface area contributed by atoms with Gasteiger partial charge in [-0.05, 0) is 48.0 Å². The molecule has 0 fully saturated rings. The van der Waals surface area contributed by atoms with E-state index in [0.29, 0.717) is 34.6 Å². The highest BCUT2D eigenvalue weighted by Crippen LogP contribution is 2.27. The summed E-state index contributed by atoms with van der Waals surface area (Å²) in [4.78, 5) is 29.9. The Labute approximate surface area is 233 Å². The van der Waals surface area contributed by atoms with Gasteiger partial charge in [0.1, 0.15) is 5.58 Å². The van der Waals surface area contributed by atoms with Crippen LogP contribution >= 0.6 is 0 Å². The lowest BCUT2D eigenvalue weighted by molar-refractivity contribution is 0.0696. The number of rotatable bonds is 6. The third-order valence-electron chi connectivity index (χ3n) is 7.06. The first-order valence-electron chi connectivity index (χ1n) is 13.0. The molecule has 0 bridgehead atoms. The second-order valence-corrected chi connectivity index (χ2v) is 9.70. The summed E-state index contributed by atoms with van der Waals surface area (Å²) in [6, 6.07) is 31.4. The number of hydrogen-bond donors (Lipinski definition) is 1. The normalized spacial score (nSPS) is 11.7. The fraction of sp³-hybridized carbons (Fsp3) is 0.0303. The van der Waals surface area contributed by atoms with Crippen molar-refractivity contribution in [3.8, 4) is 11.6 Å². The molecule has 3 heterocycles. The number of para-hydroxylation sites is 3. The molecule has 0 aliphatic carbocycles. The number of aromatic nitrogens is 3. The minimum absolute atomic E-state index is 0.238. The Balaban J connectivity index is 1.35. The molecule has 0 amide bonds. The highest BCUT2D eigenvalue weighted by Gasteiger charge is 2.17. The van der Waals surface area contributed by atoms with Crippen LogP contribution in [-0.2, 0) is 6.54 Å². The summed E-state index contributed by atoms with van der Waals surface area (Å²) in [5.74, 6) is -0.228. The third kappa shape index (κ3) is 4.37. The van der Waals surface area contributed by atoms with Gasteiger partial charge in [-0.3, -0.25) is 4.79 Å². The summed E-state index contributed by atoms with van der Waals surface area (Å²) >= 11 is 0. The highest BCUT2D eigenvalue weighted by molar-refractivity contribution is 5.99. The first-order chi connectivity index (χ1) is 20.0. The van der Waals surface area contributed by atoms with Gasteiger partial charge in [0.15, 0.2) is 5.76 Å². The van der Waals surface area contributed by atoms with Gasteiger partial charge in [0.25, 0.3) is 5.56 Å². The molecule has 3 aromatic heterocycles. The highest BCUT2D eigenvalue weighted by atomic mass is 16.4. The minimum Gasteiger partial charge on any atom is -0.478 e. The zero-order chi connectivity index (χ0) is 27.9. The largest absolute Gasteiger partial charge is 0.478 e. The van der Waals surface area contributed by atoms with E-state index < -0.39 is 5.97 Å². The molecule has 0 spiro atoms. The molecule has 4 aromatic carbocycles. The van der Waals surface area contributed by atoms with E-state index in [1.807, 2.05) is 77.5 Å². The maximum atomic E-state index is 13.7. The van der Waals surface area contributed by atoms with Crippen LogP contribution in [0, 0.1) is 0 Å². The Morgan fingerprint density at radius 3 is 2.54 bits per heavy atom. The number of nitrogens with zero attached hydrogens (tertiary/aromatic N) is 4. The Morgan fingerprint density at radius 1 is 0.902 bits per heavy atom. The molecule has 198 valence electrons. The SMILES string of the molecule is O=C(O)c1cccc(Cn2cc(C=Nn3c(-c4cc5ccccc5o4)nc4ccccc4c3=O)c3ccccc32)c1. The smallest absolute Gasteiger partial charge is 0.335 e. The molecule has 0 unspecified atom stereocenters. The molecule has 0 radical (unpaired) electrons. The van der Waals surface area contributed by atoms with Gasteiger partial charge in [0, 0.05) is 34.6 Å². The van der Waals surface area contributed by atoms with E-state index >= 15 is 0 Å². The van der Waals surface area contributed by atoms with Gasteiger partial charge in [0.05, 0.1) is 22.7 Å². The van der Waals surface area contributed by atoms with Crippen molar-refractivity contribution in [3.63, 3.8) is 0 Å². The first-order valence-corrected chi connectivity index (χ1v) is 13.0. The van der Waals surface area contributed by atoms with Gasteiger partial charge in [-0.25, -0.2) is 9.78 Å². The number of benzene rings is 4. The van der Waals surface area contributed by atoms with E-state index in [0.717, 1.165) is 27.4 Å². The van der Waals surface area contributed by atoms with Crippen LogP contribution in [0.5, 0.6) is 0 Å². The van der Waals surface area contributed by atoms with E-state index in [-0.39, 0.29) is 11.1 Å². The van der Waals surface area contributed by atoms with E-state index in [2.05, 4.69) is 5.10 Å². The van der Waals surface area contributed by atoms with Gasteiger partial charge in [-0.15, -0.1) is 0 Å². The fourth-order valence-corrected chi connectivity index (χ4v) is 5.11. The molecule has 1 N–H and O–H groups in total. The third-order valence-corrected chi connectivity index (χ3v) is 7.06. The summed E-state index contributed by atoms with van der Waals surface area (Å²) in [6.07, 6.45) is 3.60. The molecule has 0 saturated carbocycles. The number of fused-ring (bicyclic) bond motifs is 3. The predicted molar refractivity (Wildman–Crippen MR) is 159 cm³/mol. The lowest BCUT2D eigenvalue weighted by Gasteiger charge is -2.07. The topological polar surface area (TPSA) is 103 Å². The minimum atomic E-state index is -0.966. The summed E-state index contributed by atoms with van der Waals surface area (Å²) < 4.78 is 9.40. The molecule has 8 heteroatoms. The molecular weight excluding hydrogens is 516 g/mol. The average Bonchev–Trinajstić information content (AvgIpc) is 3.58. The monoisotopic (exact) mass is 538 g/mol. The van der Waals surface area contributed by atoms with Crippen molar-refractivity contribution >= 4 is 45.0 Å².